The molecule has 1 saturated carbocycles. The maximum Gasteiger partial charge on any atom is 0.102 e. The van der Waals surface area contributed by atoms with Crippen LogP contribution in [0.15, 0.2) is 12.2 Å². The van der Waals surface area contributed by atoms with Crippen LogP contribution >= 0.6 is 0 Å². The third kappa shape index (κ3) is 2.38. The van der Waals surface area contributed by atoms with Gasteiger partial charge in [-0.05, 0) is 55.8 Å². The summed E-state index contributed by atoms with van der Waals surface area (Å²) in [6.45, 7) is 7.61. The first-order chi connectivity index (χ1) is 9.33. The minimum atomic E-state index is 0.835. The van der Waals surface area contributed by atoms with Crippen LogP contribution in [-0.2, 0) is 4.74 Å². The largest absolute Gasteiger partial charge is 0.375 e. The summed E-state index contributed by atoms with van der Waals surface area (Å²) in [7, 11) is 0. The van der Waals surface area contributed by atoms with E-state index < -0.39 is 0 Å². The summed E-state index contributed by atoms with van der Waals surface area (Å²) in [6.07, 6.45) is 12.1. The van der Waals surface area contributed by atoms with E-state index in [0.717, 1.165) is 36.9 Å². The molecule has 3 unspecified atom stereocenters. The molecule has 0 radical (unpaired) electrons. The van der Waals surface area contributed by atoms with Gasteiger partial charge in [0.2, 0.25) is 0 Å². The minimum Gasteiger partial charge on any atom is -0.375 e. The van der Waals surface area contributed by atoms with E-state index in [1.165, 1.54) is 62.8 Å². The van der Waals surface area contributed by atoms with E-state index in [-0.39, 0.29) is 0 Å². The van der Waals surface area contributed by atoms with Crippen molar-refractivity contribution in [3.63, 3.8) is 0 Å². The van der Waals surface area contributed by atoms with Gasteiger partial charge in [-0.15, -0.1) is 0 Å². The summed E-state index contributed by atoms with van der Waals surface area (Å²) in [5.74, 6) is 3.65. The highest BCUT2D eigenvalue weighted by atomic mass is 16.5. The van der Waals surface area contributed by atoms with Crippen molar-refractivity contribution in [2.45, 2.75) is 32.1 Å². The molecule has 0 aromatic heterocycles. The Kier molecular flexibility index (Phi) is 3.19. The number of fused-ring (bicyclic) bond motifs is 5. The number of quaternary nitrogens is 1. The van der Waals surface area contributed by atoms with Crippen LogP contribution in [0.4, 0.5) is 0 Å². The van der Waals surface area contributed by atoms with Crippen LogP contribution in [-0.4, -0.2) is 43.9 Å². The molecule has 5 rings (SSSR count). The van der Waals surface area contributed by atoms with E-state index in [4.69, 9.17) is 4.74 Å². The molecule has 0 aromatic rings. The summed E-state index contributed by atoms with van der Waals surface area (Å²) in [4.78, 5) is 0. The number of hydrogen-bond acceptors (Lipinski definition) is 1. The van der Waals surface area contributed by atoms with Crippen molar-refractivity contribution < 1.29 is 9.22 Å². The van der Waals surface area contributed by atoms with Gasteiger partial charge in [-0.25, -0.2) is 0 Å². The topological polar surface area (TPSA) is 9.23 Å². The number of ether oxygens (including phenoxy) is 1. The number of allylic oxidation sites excluding steroid dienone is 2. The molecule has 19 heavy (non-hydrogen) atoms. The monoisotopic (exact) mass is 262 g/mol. The maximum atomic E-state index is 6.07. The quantitative estimate of drug-likeness (QED) is 0.420. The molecule has 5 aliphatic rings. The fourth-order valence-corrected chi connectivity index (χ4v) is 5.05. The summed E-state index contributed by atoms with van der Waals surface area (Å²) >= 11 is 0. The first-order valence-electron chi connectivity index (χ1n) is 8.44. The fraction of sp³-hybridized carbons (Fsp3) is 0.882. The number of hydrogen-bond donors (Lipinski definition) is 0. The minimum absolute atomic E-state index is 0.835. The summed E-state index contributed by atoms with van der Waals surface area (Å²) < 4.78 is 7.45. The number of rotatable bonds is 5. The lowest BCUT2D eigenvalue weighted by Gasteiger charge is -2.49. The average molecular weight is 262 g/mol. The zero-order valence-electron chi connectivity index (χ0n) is 12.1. The summed E-state index contributed by atoms with van der Waals surface area (Å²) in [5, 5.41) is 0. The Morgan fingerprint density at radius 1 is 1.00 bits per heavy atom. The lowest BCUT2D eigenvalue weighted by Crippen LogP contribution is -2.59. The highest BCUT2D eigenvalue weighted by Gasteiger charge is 2.39. The second kappa shape index (κ2) is 4.89. The molecule has 0 N–H and O–H groups in total. The molecule has 3 aliphatic heterocycles. The van der Waals surface area contributed by atoms with Crippen molar-refractivity contribution in [1.29, 1.82) is 0 Å². The Bertz CT molecular complexity index is 342. The van der Waals surface area contributed by atoms with Crippen LogP contribution in [0.5, 0.6) is 0 Å². The van der Waals surface area contributed by atoms with Crippen LogP contribution in [0.3, 0.4) is 0 Å². The third-order valence-electron chi connectivity index (χ3n) is 6.49. The van der Waals surface area contributed by atoms with Crippen LogP contribution in [0, 0.1) is 23.7 Å². The van der Waals surface area contributed by atoms with E-state index in [1.807, 2.05) is 0 Å². The number of nitrogens with zero attached hydrogens (tertiary/aromatic N) is 1. The molecule has 3 heterocycles. The van der Waals surface area contributed by atoms with E-state index in [1.54, 1.807) is 0 Å². The van der Waals surface area contributed by atoms with Crippen molar-refractivity contribution in [2.24, 2.45) is 23.7 Å². The zero-order chi connectivity index (χ0) is 12.7. The molecule has 0 aromatic carbocycles. The molecule has 2 nitrogen and oxygen atoms in total. The highest BCUT2D eigenvalue weighted by molar-refractivity contribution is 5.09. The van der Waals surface area contributed by atoms with Gasteiger partial charge in [0, 0.05) is 0 Å². The molecule has 4 fully saturated rings. The Morgan fingerprint density at radius 3 is 2.42 bits per heavy atom. The first-order valence-corrected chi connectivity index (χ1v) is 8.44. The average Bonchev–Trinajstić information content (AvgIpc) is 3.08. The molecule has 0 spiro atoms. The summed E-state index contributed by atoms with van der Waals surface area (Å²) in [5.41, 5.74) is 0. The van der Waals surface area contributed by atoms with Gasteiger partial charge in [0.25, 0.3) is 0 Å². The Hall–Kier alpha value is -0.340. The molecule has 2 aliphatic carbocycles. The smallest absolute Gasteiger partial charge is 0.102 e. The second-order valence-corrected chi connectivity index (χ2v) is 7.58. The molecule has 2 heteroatoms. The van der Waals surface area contributed by atoms with Crippen molar-refractivity contribution >= 4 is 0 Å². The van der Waals surface area contributed by atoms with Crippen molar-refractivity contribution in [3.8, 4) is 0 Å². The lowest BCUT2D eigenvalue weighted by atomic mass is 9.86. The van der Waals surface area contributed by atoms with Crippen LogP contribution in [0.1, 0.15) is 32.1 Å². The van der Waals surface area contributed by atoms with Gasteiger partial charge in [0.15, 0.2) is 0 Å². The van der Waals surface area contributed by atoms with Crippen LogP contribution < -0.4 is 0 Å². The van der Waals surface area contributed by atoms with E-state index >= 15 is 0 Å². The van der Waals surface area contributed by atoms with Crippen molar-refractivity contribution in [1.82, 2.24) is 0 Å². The van der Waals surface area contributed by atoms with Gasteiger partial charge < -0.3 is 9.22 Å². The highest BCUT2D eigenvalue weighted by Crippen LogP contribution is 2.43. The van der Waals surface area contributed by atoms with Gasteiger partial charge in [0.05, 0.1) is 32.8 Å². The second-order valence-electron chi connectivity index (χ2n) is 7.58. The normalized spacial score (nSPS) is 47.2. The molecular weight excluding hydrogens is 234 g/mol. The van der Waals surface area contributed by atoms with Crippen molar-refractivity contribution in [2.75, 3.05) is 39.4 Å². The zero-order valence-corrected chi connectivity index (χ0v) is 12.1. The predicted molar refractivity (Wildman–Crippen MR) is 76.7 cm³/mol. The fourth-order valence-electron chi connectivity index (χ4n) is 5.05. The van der Waals surface area contributed by atoms with Gasteiger partial charge in [-0.3, -0.25) is 0 Å². The number of piperidine rings is 3. The first kappa shape index (κ1) is 12.4. The molecule has 3 saturated heterocycles. The molecule has 0 amide bonds. The predicted octanol–water partition coefficient (Wildman–Crippen LogP) is 2.85. The van der Waals surface area contributed by atoms with Gasteiger partial charge in [-0.2, -0.15) is 0 Å². The molecular formula is C17H28NO+. The van der Waals surface area contributed by atoms with E-state index in [9.17, 15) is 0 Å². The third-order valence-corrected chi connectivity index (χ3v) is 6.49. The van der Waals surface area contributed by atoms with Crippen LogP contribution in [0.25, 0.3) is 0 Å². The molecule has 4 bridgehead atoms. The Balaban J connectivity index is 1.20. The van der Waals surface area contributed by atoms with E-state index in [0.29, 0.717) is 0 Å². The Labute approximate surface area is 117 Å². The standard InChI is InChI=1S/C17H28NO/c1-2-16-11-15(1)12-17(16)13-19-10-9-18-6-3-14(4-7-18)5-8-18/h1-2,14-17H,3-13H2/q+1. The van der Waals surface area contributed by atoms with Gasteiger partial charge in [-0.1, -0.05) is 12.2 Å². The Morgan fingerprint density at radius 2 is 1.79 bits per heavy atom. The lowest BCUT2D eigenvalue weighted by molar-refractivity contribution is -0.942. The van der Waals surface area contributed by atoms with Gasteiger partial charge >= 0.3 is 0 Å². The SMILES string of the molecule is C1=CC2CC1CC2COCC[N+]12CCC(CC1)CC2. The van der Waals surface area contributed by atoms with Crippen LogP contribution in [0.2, 0.25) is 0 Å². The maximum absolute atomic E-state index is 6.07. The molecule has 106 valence electrons. The van der Waals surface area contributed by atoms with Crippen molar-refractivity contribution in [3.05, 3.63) is 12.2 Å². The van der Waals surface area contributed by atoms with Gasteiger partial charge in [0.1, 0.15) is 6.54 Å². The molecule has 3 atom stereocenters. The van der Waals surface area contributed by atoms with E-state index in [2.05, 4.69) is 12.2 Å². The summed E-state index contributed by atoms with van der Waals surface area (Å²) in [6, 6.07) is 0.